The molecule has 1 aromatic heterocycles. The molecule has 1 N–H and O–H groups in total. The molecule has 2 rings (SSSR count). The third-order valence-corrected chi connectivity index (χ3v) is 3.31. The van der Waals surface area contributed by atoms with Crippen molar-refractivity contribution in [1.29, 1.82) is 0 Å². The van der Waals surface area contributed by atoms with E-state index in [-0.39, 0.29) is 22.8 Å². The zero-order valence-corrected chi connectivity index (χ0v) is 11.8. The summed E-state index contributed by atoms with van der Waals surface area (Å²) in [6.45, 7) is 1.64. The third-order valence-electron chi connectivity index (χ3n) is 3.12. The van der Waals surface area contributed by atoms with Crippen LogP contribution in [0.25, 0.3) is 11.0 Å². The highest BCUT2D eigenvalue weighted by molar-refractivity contribution is 6.17. The number of hydrogen-bond donors (Lipinski definition) is 1. The topological polar surface area (TPSA) is 46.9 Å². The van der Waals surface area contributed by atoms with Gasteiger partial charge in [-0.15, -0.1) is 11.6 Å². The smallest absolute Gasteiger partial charge is 0.242 e. The second-order valence-electron chi connectivity index (χ2n) is 4.38. The van der Waals surface area contributed by atoms with Crippen molar-refractivity contribution in [2.45, 2.75) is 19.4 Å². The van der Waals surface area contributed by atoms with Gasteiger partial charge in [0.2, 0.25) is 5.91 Å². The number of halogens is 3. The van der Waals surface area contributed by atoms with Crippen molar-refractivity contribution in [3.05, 3.63) is 29.6 Å². The summed E-state index contributed by atoms with van der Waals surface area (Å²) in [4.78, 5) is 15.9. The fraction of sp³-hybridized carbons (Fsp3) is 0.385. The van der Waals surface area contributed by atoms with E-state index in [9.17, 15) is 13.6 Å². The Hall–Kier alpha value is -1.69. The van der Waals surface area contributed by atoms with E-state index in [0.29, 0.717) is 12.2 Å². The number of carbonyl (C=O) groups excluding carboxylic acids is 1. The molecule has 0 fully saturated rings. The second kappa shape index (κ2) is 5.75. The SMILES string of the molecule is CNC(=O)C(C)n1c(CCCl)nc2c(F)cc(F)cc21. The number of imidazole rings is 1. The molecule has 0 aliphatic carbocycles. The molecule has 1 aromatic carbocycles. The number of aromatic nitrogens is 2. The van der Waals surface area contributed by atoms with E-state index in [1.807, 2.05) is 0 Å². The Morgan fingerprint density at radius 2 is 2.20 bits per heavy atom. The van der Waals surface area contributed by atoms with Gasteiger partial charge in [0.25, 0.3) is 0 Å². The maximum atomic E-state index is 13.8. The predicted molar refractivity (Wildman–Crippen MR) is 72.9 cm³/mol. The van der Waals surface area contributed by atoms with Gasteiger partial charge in [0.1, 0.15) is 23.2 Å². The summed E-state index contributed by atoms with van der Waals surface area (Å²) >= 11 is 5.70. The first kappa shape index (κ1) is 14.7. The number of benzene rings is 1. The first-order chi connectivity index (χ1) is 9.49. The molecular weight excluding hydrogens is 288 g/mol. The van der Waals surface area contributed by atoms with Crippen molar-refractivity contribution in [2.24, 2.45) is 0 Å². The highest BCUT2D eigenvalue weighted by Crippen LogP contribution is 2.25. The van der Waals surface area contributed by atoms with Gasteiger partial charge in [-0.25, -0.2) is 13.8 Å². The van der Waals surface area contributed by atoms with Crippen molar-refractivity contribution in [3.63, 3.8) is 0 Å². The van der Waals surface area contributed by atoms with E-state index in [1.54, 1.807) is 6.92 Å². The van der Waals surface area contributed by atoms with Gasteiger partial charge < -0.3 is 9.88 Å². The van der Waals surface area contributed by atoms with E-state index in [1.165, 1.54) is 17.7 Å². The van der Waals surface area contributed by atoms with Gasteiger partial charge >= 0.3 is 0 Å². The molecule has 1 heterocycles. The van der Waals surface area contributed by atoms with Crippen LogP contribution in [0.4, 0.5) is 8.78 Å². The third kappa shape index (κ3) is 2.47. The number of amides is 1. The van der Waals surface area contributed by atoms with Crippen molar-refractivity contribution in [1.82, 2.24) is 14.9 Å². The Bertz CT molecular complexity index is 657. The van der Waals surface area contributed by atoms with Gasteiger partial charge in [0.15, 0.2) is 5.82 Å². The summed E-state index contributed by atoms with van der Waals surface area (Å²) in [7, 11) is 1.50. The Morgan fingerprint density at radius 3 is 2.80 bits per heavy atom. The molecular formula is C13H14ClF2N3O. The van der Waals surface area contributed by atoms with Crippen LogP contribution in [-0.4, -0.2) is 28.4 Å². The minimum Gasteiger partial charge on any atom is -0.357 e. The number of nitrogens with one attached hydrogen (secondary N) is 1. The molecule has 1 atom stereocenters. The van der Waals surface area contributed by atoms with Gasteiger partial charge in [-0.1, -0.05) is 0 Å². The molecule has 0 bridgehead atoms. The zero-order valence-electron chi connectivity index (χ0n) is 11.1. The minimum absolute atomic E-state index is 0.0438. The number of nitrogens with zero attached hydrogens (tertiary/aromatic N) is 2. The number of likely N-dealkylation sites (N-methyl/N-ethyl adjacent to an activating group) is 1. The molecule has 0 saturated heterocycles. The summed E-state index contributed by atoms with van der Waals surface area (Å²) in [5.74, 6) is -1.01. The van der Waals surface area contributed by atoms with Crippen molar-refractivity contribution in [3.8, 4) is 0 Å². The molecule has 0 radical (unpaired) electrons. The molecule has 4 nitrogen and oxygen atoms in total. The van der Waals surface area contributed by atoms with E-state index in [2.05, 4.69) is 10.3 Å². The molecule has 2 aromatic rings. The Balaban J connectivity index is 2.70. The molecule has 1 unspecified atom stereocenters. The average Bonchev–Trinajstić information content (AvgIpc) is 2.76. The summed E-state index contributed by atoms with van der Waals surface area (Å²) in [5.41, 5.74) is 0.293. The standard InChI is InChI=1S/C13H14ClF2N3O/c1-7(13(20)17-2)19-10-6-8(15)5-9(16)12(10)18-11(19)3-4-14/h5-7H,3-4H2,1-2H3,(H,17,20). The van der Waals surface area contributed by atoms with Crippen molar-refractivity contribution in [2.75, 3.05) is 12.9 Å². The molecule has 0 aliphatic heterocycles. The van der Waals surface area contributed by atoms with E-state index >= 15 is 0 Å². The molecule has 1 amide bonds. The molecule has 0 spiro atoms. The van der Waals surface area contributed by atoms with Crippen LogP contribution < -0.4 is 5.32 Å². The lowest BCUT2D eigenvalue weighted by molar-refractivity contribution is -0.123. The lowest BCUT2D eigenvalue weighted by Gasteiger charge is -2.15. The molecule has 0 saturated carbocycles. The fourth-order valence-corrected chi connectivity index (χ4v) is 2.36. The van der Waals surface area contributed by atoms with E-state index < -0.39 is 17.7 Å². The Kier molecular flexibility index (Phi) is 4.23. The van der Waals surface area contributed by atoms with E-state index in [4.69, 9.17) is 11.6 Å². The summed E-state index contributed by atoms with van der Waals surface area (Å²) in [5, 5.41) is 2.51. The number of rotatable bonds is 4. The number of alkyl halides is 1. The Morgan fingerprint density at radius 1 is 1.50 bits per heavy atom. The number of fused-ring (bicyclic) bond motifs is 1. The van der Waals surface area contributed by atoms with Crippen LogP contribution in [0.15, 0.2) is 12.1 Å². The van der Waals surface area contributed by atoms with Gasteiger partial charge in [0.05, 0.1) is 5.52 Å². The highest BCUT2D eigenvalue weighted by atomic mass is 35.5. The maximum absolute atomic E-state index is 13.8. The average molecular weight is 302 g/mol. The van der Waals surface area contributed by atoms with Crippen LogP contribution >= 0.6 is 11.6 Å². The number of carbonyl (C=O) groups is 1. The quantitative estimate of drug-likeness (QED) is 0.882. The lowest BCUT2D eigenvalue weighted by Crippen LogP contribution is -2.28. The molecule has 0 aliphatic rings. The van der Waals surface area contributed by atoms with Gasteiger partial charge in [0, 0.05) is 31.5 Å². The van der Waals surface area contributed by atoms with E-state index in [0.717, 1.165) is 6.07 Å². The first-order valence-corrected chi connectivity index (χ1v) is 6.66. The monoisotopic (exact) mass is 301 g/mol. The molecule has 7 heteroatoms. The largest absolute Gasteiger partial charge is 0.357 e. The second-order valence-corrected chi connectivity index (χ2v) is 4.76. The van der Waals surface area contributed by atoms with Crippen LogP contribution in [0, 0.1) is 11.6 Å². The van der Waals surface area contributed by atoms with Crippen LogP contribution in [0.3, 0.4) is 0 Å². The van der Waals surface area contributed by atoms with Gasteiger partial charge in [-0.3, -0.25) is 4.79 Å². The summed E-state index contributed by atoms with van der Waals surface area (Å²) in [6.07, 6.45) is 0.360. The predicted octanol–water partition coefficient (Wildman–Crippen LogP) is 2.40. The van der Waals surface area contributed by atoms with Crippen LogP contribution in [0.5, 0.6) is 0 Å². The van der Waals surface area contributed by atoms with Gasteiger partial charge in [-0.2, -0.15) is 0 Å². The Labute approximate surface area is 119 Å². The highest BCUT2D eigenvalue weighted by Gasteiger charge is 2.22. The lowest BCUT2D eigenvalue weighted by atomic mass is 10.2. The summed E-state index contributed by atoms with van der Waals surface area (Å²) < 4.78 is 28.7. The van der Waals surface area contributed by atoms with Gasteiger partial charge in [-0.05, 0) is 6.92 Å². The minimum atomic E-state index is -0.751. The fourth-order valence-electron chi connectivity index (χ4n) is 2.19. The van der Waals surface area contributed by atoms with Crippen molar-refractivity contribution >= 4 is 28.5 Å². The zero-order chi connectivity index (χ0) is 14.9. The first-order valence-electron chi connectivity index (χ1n) is 6.13. The normalized spacial score (nSPS) is 12.7. The maximum Gasteiger partial charge on any atom is 0.242 e. The summed E-state index contributed by atoms with van der Waals surface area (Å²) in [6, 6.07) is 1.31. The number of aryl methyl sites for hydroxylation is 1. The number of hydrogen-bond acceptors (Lipinski definition) is 2. The van der Waals surface area contributed by atoms with Crippen LogP contribution in [0.1, 0.15) is 18.8 Å². The van der Waals surface area contributed by atoms with Crippen LogP contribution in [0.2, 0.25) is 0 Å². The van der Waals surface area contributed by atoms with Crippen molar-refractivity contribution < 1.29 is 13.6 Å². The van der Waals surface area contributed by atoms with Crippen LogP contribution in [-0.2, 0) is 11.2 Å². The molecule has 108 valence electrons. The molecule has 20 heavy (non-hydrogen) atoms.